The van der Waals surface area contributed by atoms with Crippen LogP contribution in [0.2, 0.25) is 0 Å². The summed E-state index contributed by atoms with van der Waals surface area (Å²) < 4.78 is 7.65. The predicted octanol–water partition coefficient (Wildman–Crippen LogP) is 2.91. The van der Waals surface area contributed by atoms with E-state index in [0.29, 0.717) is 6.04 Å². The van der Waals surface area contributed by atoms with Crippen molar-refractivity contribution in [2.24, 2.45) is 7.05 Å². The van der Waals surface area contributed by atoms with Crippen molar-refractivity contribution in [1.82, 2.24) is 14.9 Å². The molecule has 4 heteroatoms. The highest BCUT2D eigenvalue weighted by molar-refractivity contribution is 5.75. The third-order valence-corrected chi connectivity index (χ3v) is 3.85. The molecule has 1 heterocycles. The summed E-state index contributed by atoms with van der Waals surface area (Å²) in [4.78, 5) is 4.77. The molecule has 0 aliphatic heterocycles. The van der Waals surface area contributed by atoms with Crippen molar-refractivity contribution in [2.75, 3.05) is 19.8 Å². The number of hydrogen-bond acceptors (Lipinski definition) is 3. The van der Waals surface area contributed by atoms with Gasteiger partial charge < -0.3 is 14.6 Å². The van der Waals surface area contributed by atoms with Gasteiger partial charge in [-0.15, -0.1) is 0 Å². The van der Waals surface area contributed by atoms with Crippen LogP contribution >= 0.6 is 0 Å². The molecule has 0 saturated heterocycles. The van der Waals surface area contributed by atoms with Crippen molar-refractivity contribution in [3.05, 3.63) is 30.1 Å². The van der Waals surface area contributed by atoms with Crippen LogP contribution in [0, 0.1) is 0 Å². The molecule has 1 unspecified atom stereocenters. The quantitative estimate of drug-likeness (QED) is 0.721. The summed E-state index contributed by atoms with van der Waals surface area (Å²) in [5.74, 6) is 1.15. The van der Waals surface area contributed by atoms with E-state index in [1.54, 1.807) is 0 Å². The molecule has 4 nitrogen and oxygen atoms in total. The van der Waals surface area contributed by atoms with Gasteiger partial charge in [0, 0.05) is 32.7 Å². The summed E-state index contributed by atoms with van der Waals surface area (Å²) in [6, 6.07) is 8.78. The van der Waals surface area contributed by atoms with Crippen LogP contribution in [0.3, 0.4) is 0 Å². The van der Waals surface area contributed by atoms with Crippen molar-refractivity contribution in [3.63, 3.8) is 0 Å². The maximum Gasteiger partial charge on any atom is 0.111 e. The van der Waals surface area contributed by atoms with Crippen LogP contribution in [-0.4, -0.2) is 35.4 Å². The standard InChI is InChI=1S/C17H27N3O/c1-4-18-14(9-8-12-21-5-2)13-17-19-15-10-6-7-11-16(15)20(17)3/h6-7,10-11,14,18H,4-5,8-9,12-13H2,1-3H3. The fourth-order valence-corrected chi connectivity index (χ4v) is 2.74. The molecule has 0 bridgehead atoms. The van der Waals surface area contributed by atoms with Crippen molar-refractivity contribution < 1.29 is 4.74 Å². The topological polar surface area (TPSA) is 39.1 Å². The number of rotatable bonds is 9. The number of para-hydroxylation sites is 2. The predicted molar refractivity (Wildman–Crippen MR) is 87.6 cm³/mol. The molecule has 0 amide bonds. The van der Waals surface area contributed by atoms with Crippen LogP contribution in [-0.2, 0) is 18.2 Å². The molecule has 1 atom stereocenters. The van der Waals surface area contributed by atoms with Gasteiger partial charge in [-0.1, -0.05) is 19.1 Å². The van der Waals surface area contributed by atoms with E-state index in [-0.39, 0.29) is 0 Å². The van der Waals surface area contributed by atoms with Gasteiger partial charge in [0.2, 0.25) is 0 Å². The van der Waals surface area contributed by atoms with E-state index in [9.17, 15) is 0 Å². The first-order valence-corrected chi connectivity index (χ1v) is 7.97. The first-order chi connectivity index (χ1) is 10.3. The lowest BCUT2D eigenvalue weighted by Crippen LogP contribution is -2.32. The second-order valence-corrected chi connectivity index (χ2v) is 5.37. The highest BCUT2D eigenvalue weighted by atomic mass is 16.5. The van der Waals surface area contributed by atoms with Crippen LogP contribution in [0.25, 0.3) is 11.0 Å². The third kappa shape index (κ3) is 4.29. The largest absolute Gasteiger partial charge is 0.382 e. The van der Waals surface area contributed by atoms with E-state index < -0.39 is 0 Å². The number of nitrogens with zero attached hydrogens (tertiary/aromatic N) is 2. The van der Waals surface area contributed by atoms with Gasteiger partial charge in [0.1, 0.15) is 5.82 Å². The van der Waals surface area contributed by atoms with Gasteiger partial charge in [0.15, 0.2) is 0 Å². The summed E-state index contributed by atoms with van der Waals surface area (Å²) in [5.41, 5.74) is 2.29. The van der Waals surface area contributed by atoms with Gasteiger partial charge >= 0.3 is 0 Å². The number of fused-ring (bicyclic) bond motifs is 1. The zero-order valence-corrected chi connectivity index (χ0v) is 13.4. The Kier molecular flexibility index (Phi) is 6.21. The zero-order chi connectivity index (χ0) is 15.1. The highest BCUT2D eigenvalue weighted by Gasteiger charge is 2.13. The third-order valence-electron chi connectivity index (χ3n) is 3.85. The molecule has 0 spiro atoms. The van der Waals surface area contributed by atoms with Gasteiger partial charge in [-0.2, -0.15) is 0 Å². The molecular weight excluding hydrogens is 262 g/mol. The summed E-state index contributed by atoms with van der Waals surface area (Å²) >= 11 is 0. The van der Waals surface area contributed by atoms with Crippen LogP contribution < -0.4 is 5.32 Å². The van der Waals surface area contributed by atoms with Gasteiger partial charge in [-0.3, -0.25) is 0 Å². The zero-order valence-electron chi connectivity index (χ0n) is 13.4. The number of benzene rings is 1. The van der Waals surface area contributed by atoms with Crippen molar-refractivity contribution in [2.45, 2.75) is 39.2 Å². The molecule has 2 rings (SSSR count). The average molecular weight is 289 g/mol. The SMILES string of the molecule is CCNC(CCCOCC)Cc1nc2ccccc2n1C. The summed E-state index contributed by atoms with van der Waals surface area (Å²) in [5, 5.41) is 3.57. The van der Waals surface area contributed by atoms with Crippen molar-refractivity contribution in [3.8, 4) is 0 Å². The van der Waals surface area contributed by atoms with Gasteiger partial charge in [-0.05, 0) is 38.4 Å². The number of aromatic nitrogens is 2. The first kappa shape index (κ1) is 16.0. The molecule has 1 aromatic heterocycles. The maximum absolute atomic E-state index is 5.44. The Morgan fingerprint density at radius 2 is 2.10 bits per heavy atom. The molecule has 1 aromatic carbocycles. The molecule has 2 aromatic rings. The Balaban J connectivity index is 2.02. The molecule has 116 valence electrons. The second kappa shape index (κ2) is 8.15. The number of aryl methyl sites for hydroxylation is 1. The Bertz CT molecular complexity index is 550. The molecular formula is C17H27N3O. The Labute approximate surface area is 127 Å². The van der Waals surface area contributed by atoms with E-state index in [0.717, 1.165) is 50.4 Å². The molecule has 0 fully saturated rings. The van der Waals surface area contributed by atoms with Crippen LogP contribution in [0.1, 0.15) is 32.5 Å². The highest BCUT2D eigenvalue weighted by Crippen LogP contribution is 2.16. The van der Waals surface area contributed by atoms with E-state index >= 15 is 0 Å². The molecule has 1 N–H and O–H groups in total. The maximum atomic E-state index is 5.44. The average Bonchev–Trinajstić information content (AvgIpc) is 2.81. The number of nitrogens with one attached hydrogen (secondary N) is 1. The fraction of sp³-hybridized carbons (Fsp3) is 0.588. The lowest BCUT2D eigenvalue weighted by molar-refractivity contribution is 0.140. The van der Waals surface area contributed by atoms with E-state index in [1.165, 1.54) is 5.52 Å². The monoisotopic (exact) mass is 289 g/mol. The number of hydrogen-bond donors (Lipinski definition) is 1. The minimum atomic E-state index is 0.464. The van der Waals surface area contributed by atoms with E-state index in [2.05, 4.69) is 42.1 Å². The van der Waals surface area contributed by atoms with Crippen molar-refractivity contribution in [1.29, 1.82) is 0 Å². The van der Waals surface area contributed by atoms with E-state index in [4.69, 9.17) is 9.72 Å². The minimum Gasteiger partial charge on any atom is -0.382 e. The molecule has 0 saturated carbocycles. The Hall–Kier alpha value is -1.39. The van der Waals surface area contributed by atoms with Crippen LogP contribution in [0.5, 0.6) is 0 Å². The van der Waals surface area contributed by atoms with Crippen molar-refractivity contribution >= 4 is 11.0 Å². The van der Waals surface area contributed by atoms with Crippen LogP contribution in [0.15, 0.2) is 24.3 Å². The minimum absolute atomic E-state index is 0.464. The summed E-state index contributed by atoms with van der Waals surface area (Å²) in [7, 11) is 2.11. The second-order valence-electron chi connectivity index (χ2n) is 5.37. The van der Waals surface area contributed by atoms with Gasteiger partial charge in [0.05, 0.1) is 11.0 Å². The smallest absolute Gasteiger partial charge is 0.111 e. The van der Waals surface area contributed by atoms with Gasteiger partial charge in [0.25, 0.3) is 0 Å². The lowest BCUT2D eigenvalue weighted by atomic mass is 10.1. The van der Waals surface area contributed by atoms with E-state index in [1.807, 2.05) is 13.0 Å². The summed E-state index contributed by atoms with van der Waals surface area (Å²) in [6.07, 6.45) is 3.18. The van der Waals surface area contributed by atoms with Gasteiger partial charge in [-0.25, -0.2) is 4.98 Å². The lowest BCUT2D eigenvalue weighted by Gasteiger charge is -2.17. The number of imidazole rings is 1. The summed E-state index contributed by atoms with van der Waals surface area (Å²) in [6.45, 7) is 6.84. The molecule has 0 aliphatic rings. The molecule has 0 aliphatic carbocycles. The molecule has 21 heavy (non-hydrogen) atoms. The number of ether oxygens (including phenoxy) is 1. The normalized spacial score (nSPS) is 12.9. The Morgan fingerprint density at radius 1 is 1.29 bits per heavy atom. The van der Waals surface area contributed by atoms with Crippen LogP contribution in [0.4, 0.5) is 0 Å². The number of likely N-dealkylation sites (N-methyl/N-ethyl adjacent to an activating group) is 1. The Morgan fingerprint density at radius 3 is 2.81 bits per heavy atom. The molecule has 0 radical (unpaired) electrons. The first-order valence-electron chi connectivity index (χ1n) is 7.97. The fourth-order valence-electron chi connectivity index (χ4n) is 2.74.